The molecule has 0 aliphatic carbocycles. The van der Waals surface area contributed by atoms with E-state index in [0.29, 0.717) is 13.1 Å². The molecule has 1 aromatic rings. The molecule has 0 atom stereocenters. The van der Waals surface area contributed by atoms with Gasteiger partial charge in [0.15, 0.2) is 0 Å². The van der Waals surface area contributed by atoms with E-state index in [2.05, 4.69) is 23.2 Å². The van der Waals surface area contributed by atoms with Crippen LogP contribution in [-0.4, -0.2) is 54.3 Å². The fraction of sp³-hybridized carbons (Fsp3) is 0.667. The standard InChI is InChI=1S/C18H29N3O2S/c1-13(2)20(4)18(23)15-5-8-21(9-6-15)12-17(22)19-11-16-14(3)7-10-24-16/h7,10,13,15H,5-6,8-9,11-12H2,1-4H3,(H,19,22). The van der Waals surface area contributed by atoms with Crippen molar-refractivity contribution in [1.29, 1.82) is 0 Å². The van der Waals surface area contributed by atoms with Gasteiger partial charge in [-0.05, 0) is 63.7 Å². The average molecular weight is 352 g/mol. The number of aryl methyl sites for hydroxylation is 1. The third-order valence-electron chi connectivity index (χ3n) is 4.84. The van der Waals surface area contributed by atoms with Crippen molar-refractivity contribution in [2.24, 2.45) is 5.92 Å². The first-order valence-corrected chi connectivity index (χ1v) is 9.55. The van der Waals surface area contributed by atoms with Gasteiger partial charge in [0, 0.05) is 23.9 Å². The molecule has 1 aliphatic heterocycles. The van der Waals surface area contributed by atoms with Crippen LogP contribution in [0.15, 0.2) is 11.4 Å². The number of rotatable bonds is 6. The van der Waals surface area contributed by atoms with Crippen LogP contribution in [0.4, 0.5) is 0 Å². The Kier molecular flexibility index (Phi) is 6.80. The molecule has 2 rings (SSSR count). The van der Waals surface area contributed by atoms with E-state index in [1.165, 1.54) is 10.4 Å². The number of amides is 2. The molecule has 1 aliphatic rings. The molecule has 5 nitrogen and oxygen atoms in total. The van der Waals surface area contributed by atoms with E-state index in [1.54, 1.807) is 11.3 Å². The Balaban J connectivity index is 1.71. The molecule has 0 radical (unpaired) electrons. The van der Waals surface area contributed by atoms with E-state index in [1.807, 2.05) is 31.2 Å². The minimum absolute atomic E-state index is 0.0619. The van der Waals surface area contributed by atoms with Gasteiger partial charge in [0.2, 0.25) is 11.8 Å². The van der Waals surface area contributed by atoms with Gasteiger partial charge >= 0.3 is 0 Å². The van der Waals surface area contributed by atoms with Crippen LogP contribution in [0.2, 0.25) is 0 Å². The zero-order valence-electron chi connectivity index (χ0n) is 15.2. The van der Waals surface area contributed by atoms with Gasteiger partial charge in [-0.3, -0.25) is 14.5 Å². The number of thiophene rings is 1. The summed E-state index contributed by atoms with van der Waals surface area (Å²) in [6, 6.07) is 2.31. The fourth-order valence-corrected chi connectivity index (χ4v) is 3.75. The SMILES string of the molecule is Cc1ccsc1CNC(=O)CN1CCC(C(=O)N(C)C(C)C)CC1. The van der Waals surface area contributed by atoms with Gasteiger partial charge in [0.05, 0.1) is 13.1 Å². The third kappa shape index (κ3) is 5.05. The minimum atomic E-state index is 0.0619. The summed E-state index contributed by atoms with van der Waals surface area (Å²) in [4.78, 5) is 29.7. The predicted octanol–water partition coefficient (Wildman–Crippen LogP) is 2.25. The smallest absolute Gasteiger partial charge is 0.234 e. The Hall–Kier alpha value is -1.40. The molecule has 0 unspecified atom stereocenters. The second-order valence-corrected chi connectivity index (χ2v) is 7.90. The number of hydrogen-bond donors (Lipinski definition) is 1. The lowest BCUT2D eigenvalue weighted by Crippen LogP contribution is -2.45. The normalized spacial score (nSPS) is 16.4. The van der Waals surface area contributed by atoms with E-state index in [4.69, 9.17) is 0 Å². The summed E-state index contributed by atoms with van der Waals surface area (Å²) in [6.45, 7) is 8.79. The molecule has 24 heavy (non-hydrogen) atoms. The molecule has 134 valence electrons. The summed E-state index contributed by atoms with van der Waals surface area (Å²) in [5, 5.41) is 5.04. The van der Waals surface area contributed by atoms with Crippen LogP contribution in [0.25, 0.3) is 0 Å². The van der Waals surface area contributed by atoms with Gasteiger partial charge in [-0.2, -0.15) is 0 Å². The predicted molar refractivity (Wildman–Crippen MR) is 98.0 cm³/mol. The first-order valence-electron chi connectivity index (χ1n) is 8.67. The zero-order valence-corrected chi connectivity index (χ0v) is 16.0. The van der Waals surface area contributed by atoms with Crippen LogP contribution in [-0.2, 0) is 16.1 Å². The van der Waals surface area contributed by atoms with Crippen LogP contribution in [0.3, 0.4) is 0 Å². The minimum Gasteiger partial charge on any atom is -0.350 e. The topological polar surface area (TPSA) is 52.7 Å². The lowest BCUT2D eigenvalue weighted by Gasteiger charge is -2.33. The van der Waals surface area contributed by atoms with Crippen molar-refractivity contribution < 1.29 is 9.59 Å². The number of hydrogen-bond acceptors (Lipinski definition) is 4. The number of nitrogens with one attached hydrogen (secondary N) is 1. The molecule has 2 heterocycles. The Labute approximate surface area is 149 Å². The van der Waals surface area contributed by atoms with Gasteiger partial charge in [0.25, 0.3) is 0 Å². The Morgan fingerprint density at radius 2 is 2.04 bits per heavy atom. The van der Waals surface area contributed by atoms with E-state index < -0.39 is 0 Å². The van der Waals surface area contributed by atoms with Gasteiger partial charge in [-0.15, -0.1) is 11.3 Å². The number of carbonyl (C=O) groups is 2. The van der Waals surface area contributed by atoms with Crippen molar-refractivity contribution in [2.75, 3.05) is 26.7 Å². The summed E-state index contributed by atoms with van der Waals surface area (Å²) < 4.78 is 0. The average Bonchev–Trinajstić information content (AvgIpc) is 2.97. The quantitative estimate of drug-likeness (QED) is 0.855. The Bertz CT molecular complexity index is 562. The number of carbonyl (C=O) groups excluding carboxylic acids is 2. The Morgan fingerprint density at radius 3 is 2.58 bits per heavy atom. The van der Waals surface area contributed by atoms with E-state index in [9.17, 15) is 9.59 Å². The van der Waals surface area contributed by atoms with E-state index in [0.717, 1.165) is 25.9 Å². The molecular formula is C18H29N3O2S. The van der Waals surface area contributed by atoms with Crippen molar-refractivity contribution in [2.45, 2.75) is 46.2 Å². The van der Waals surface area contributed by atoms with Crippen LogP contribution in [0, 0.1) is 12.8 Å². The first kappa shape index (κ1) is 18.9. The third-order valence-corrected chi connectivity index (χ3v) is 5.86. The lowest BCUT2D eigenvalue weighted by molar-refractivity contribution is -0.137. The van der Waals surface area contributed by atoms with Gasteiger partial charge < -0.3 is 10.2 Å². The van der Waals surface area contributed by atoms with Gasteiger partial charge in [-0.25, -0.2) is 0 Å². The molecular weight excluding hydrogens is 322 g/mol. The van der Waals surface area contributed by atoms with E-state index >= 15 is 0 Å². The molecule has 1 aromatic heterocycles. The maximum absolute atomic E-state index is 12.4. The molecule has 0 bridgehead atoms. The highest BCUT2D eigenvalue weighted by atomic mass is 32.1. The van der Waals surface area contributed by atoms with Crippen LogP contribution >= 0.6 is 11.3 Å². The monoisotopic (exact) mass is 351 g/mol. The van der Waals surface area contributed by atoms with Crippen LogP contribution in [0.1, 0.15) is 37.1 Å². The maximum Gasteiger partial charge on any atom is 0.234 e. The lowest BCUT2D eigenvalue weighted by atomic mass is 9.95. The first-order chi connectivity index (χ1) is 11.4. The summed E-state index contributed by atoms with van der Waals surface area (Å²) in [5.41, 5.74) is 1.23. The Morgan fingerprint density at radius 1 is 1.38 bits per heavy atom. The second-order valence-electron chi connectivity index (χ2n) is 6.90. The van der Waals surface area contributed by atoms with Gasteiger partial charge in [0.1, 0.15) is 0 Å². The summed E-state index contributed by atoms with van der Waals surface area (Å²) in [6.07, 6.45) is 1.68. The summed E-state index contributed by atoms with van der Waals surface area (Å²) in [5.74, 6) is 0.402. The highest BCUT2D eigenvalue weighted by Gasteiger charge is 2.28. The van der Waals surface area contributed by atoms with Crippen LogP contribution in [0.5, 0.6) is 0 Å². The molecule has 2 amide bonds. The molecule has 1 saturated heterocycles. The molecule has 0 spiro atoms. The molecule has 0 aromatic carbocycles. The highest BCUT2D eigenvalue weighted by Crippen LogP contribution is 2.20. The second kappa shape index (κ2) is 8.62. The van der Waals surface area contributed by atoms with Crippen LogP contribution < -0.4 is 5.32 Å². The van der Waals surface area contributed by atoms with Gasteiger partial charge in [-0.1, -0.05) is 0 Å². The van der Waals surface area contributed by atoms with Crippen molar-refractivity contribution in [1.82, 2.24) is 15.1 Å². The zero-order chi connectivity index (χ0) is 17.7. The molecule has 0 saturated carbocycles. The van der Waals surface area contributed by atoms with Crippen molar-refractivity contribution in [3.63, 3.8) is 0 Å². The van der Waals surface area contributed by atoms with E-state index in [-0.39, 0.29) is 23.8 Å². The van der Waals surface area contributed by atoms with Crippen molar-refractivity contribution in [3.8, 4) is 0 Å². The fourth-order valence-electron chi connectivity index (χ4n) is 2.90. The number of piperidine rings is 1. The van der Waals surface area contributed by atoms with Crippen molar-refractivity contribution >= 4 is 23.2 Å². The number of likely N-dealkylation sites (tertiary alicyclic amines) is 1. The molecule has 1 N–H and O–H groups in total. The summed E-state index contributed by atoms with van der Waals surface area (Å²) in [7, 11) is 1.87. The molecule has 1 fully saturated rings. The van der Waals surface area contributed by atoms with Crippen molar-refractivity contribution in [3.05, 3.63) is 21.9 Å². The maximum atomic E-state index is 12.4. The largest absolute Gasteiger partial charge is 0.350 e. The highest BCUT2D eigenvalue weighted by molar-refractivity contribution is 7.10. The summed E-state index contributed by atoms with van der Waals surface area (Å²) >= 11 is 1.68. The number of nitrogens with zero attached hydrogens (tertiary/aromatic N) is 2. The molecule has 6 heteroatoms.